The summed E-state index contributed by atoms with van der Waals surface area (Å²) in [6.07, 6.45) is 3.52. The van der Waals surface area contributed by atoms with Gasteiger partial charge in [0.1, 0.15) is 0 Å². The van der Waals surface area contributed by atoms with Crippen molar-refractivity contribution in [2.24, 2.45) is 11.8 Å². The summed E-state index contributed by atoms with van der Waals surface area (Å²) >= 11 is 0. The molecule has 0 heterocycles. The lowest BCUT2D eigenvalue weighted by Gasteiger charge is -2.30. The summed E-state index contributed by atoms with van der Waals surface area (Å²) < 4.78 is 0. The Morgan fingerprint density at radius 2 is 1.89 bits per heavy atom. The van der Waals surface area contributed by atoms with Gasteiger partial charge < -0.3 is 5.11 Å². The highest BCUT2D eigenvalue weighted by molar-refractivity contribution is 4.75. The third kappa shape index (κ3) is 1.45. The van der Waals surface area contributed by atoms with E-state index in [1.165, 1.54) is 12.8 Å². The van der Waals surface area contributed by atoms with E-state index in [-0.39, 0.29) is 6.10 Å². The lowest BCUT2D eigenvalue weighted by atomic mass is 9.80. The van der Waals surface area contributed by atoms with E-state index in [0.717, 1.165) is 12.3 Å². The number of rotatable bonds is 0. The van der Waals surface area contributed by atoms with Crippen molar-refractivity contribution >= 4 is 0 Å². The number of aliphatic hydroxyl groups is 1. The molecule has 1 N–H and O–H groups in total. The Hall–Kier alpha value is -0.0400. The summed E-state index contributed by atoms with van der Waals surface area (Å²) in [6, 6.07) is 0. The van der Waals surface area contributed by atoms with E-state index >= 15 is 0 Å². The Bertz CT molecular complexity index is 80.6. The molecule has 1 aliphatic carbocycles. The summed E-state index contributed by atoms with van der Waals surface area (Å²) in [5.41, 5.74) is 0. The molecule has 1 aliphatic rings. The van der Waals surface area contributed by atoms with Crippen LogP contribution in [-0.4, -0.2) is 11.2 Å². The van der Waals surface area contributed by atoms with Crippen LogP contribution in [0.3, 0.4) is 0 Å². The van der Waals surface area contributed by atoms with Crippen molar-refractivity contribution in [3.05, 3.63) is 0 Å². The minimum absolute atomic E-state index is 0.0197. The van der Waals surface area contributed by atoms with Crippen molar-refractivity contribution in [1.82, 2.24) is 0 Å². The highest BCUT2D eigenvalue weighted by Crippen LogP contribution is 2.28. The van der Waals surface area contributed by atoms with E-state index in [0.29, 0.717) is 5.92 Å². The molecule has 1 fully saturated rings. The molecule has 0 aliphatic heterocycles. The Balaban J connectivity index is 2.41. The number of hydrogen-bond acceptors (Lipinski definition) is 1. The first-order chi connectivity index (χ1) is 4.22. The fourth-order valence-corrected chi connectivity index (χ4v) is 1.55. The van der Waals surface area contributed by atoms with Gasteiger partial charge in [-0.15, -0.1) is 0 Å². The van der Waals surface area contributed by atoms with Gasteiger partial charge in [-0.25, -0.2) is 0 Å². The molecule has 1 rings (SSSR count). The smallest absolute Gasteiger partial charge is 0.0568 e. The predicted octanol–water partition coefficient (Wildman–Crippen LogP) is 1.80. The van der Waals surface area contributed by atoms with Gasteiger partial charge in [0.15, 0.2) is 0 Å². The molecule has 9 heavy (non-hydrogen) atoms. The Labute approximate surface area is 57.1 Å². The van der Waals surface area contributed by atoms with Crippen LogP contribution >= 0.6 is 0 Å². The van der Waals surface area contributed by atoms with Crippen LogP contribution in [0.2, 0.25) is 0 Å². The average molecular weight is 128 g/mol. The van der Waals surface area contributed by atoms with E-state index in [4.69, 9.17) is 0 Å². The lowest BCUT2D eigenvalue weighted by molar-refractivity contribution is 0.0486. The molecule has 1 nitrogen and oxygen atoms in total. The monoisotopic (exact) mass is 128 g/mol. The van der Waals surface area contributed by atoms with Crippen LogP contribution in [0.1, 0.15) is 33.1 Å². The van der Waals surface area contributed by atoms with Gasteiger partial charge in [0, 0.05) is 0 Å². The van der Waals surface area contributed by atoms with Gasteiger partial charge in [-0.1, -0.05) is 26.7 Å². The summed E-state index contributed by atoms with van der Waals surface area (Å²) in [5, 5.41) is 9.35. The van der Waals surface area contributed by atoms with Crippen LogP contribution in [0, 0.1) is 11.8 Å². The van der Waals surface area contributed by atoms with Crippen molar-refractivity contribution in [3.63, 3.8) is 0 Å². The van der Waals surface area contributed by atoms with Crippen LogP contribution in [0.5, 0.6) is 0 Å². The highest BCUT2D eigenvalue weighted by atomic mass is 16.3. The van der Waals surface area contributed by atoms with Crippen molar-refractivity contribution in [1.29, 1.82) is 0 Å². The van der Waals surface area contributed by atoms with Crippen molar-refractivity contribution in [2.75, 3.05) is 0 Å². The van der Waals surface area contributed by atoms with Gasteiger partial charge in [0.05, 0.1) is 6.10 Å². The third-order valence-electron chi connectivity index (χ3n) is 2.66. The average Bonchev–Trinajstić information content (AvgIpc) is 1.83. The highest BCUT2D eigenvalue weighted by Gasteiger charge is 2.24. The minimum Gasteiger partial charge on any atom is -0.393 e. The lowest BCUT2D eigenvalue weighted by Crippen LogP contribution is -2.28. The standard InChI is InChI=1S/C8H16O/c1-6-4-3-5-8(9)7(6)2/h6-9H,3-5H2,1-2H3/t6?,7?,8-/m1/s1. The fourth-order valence-electron chi connectivity index (χ4n) is 1.55. The van der Waals surface area contributed by atoms with Crippen LogP contribution in [0.15, 0.2) is 0 Å². The van der Waals surface area contributed by atoms with E-state index in [1.54, 1.807) is 0 Å². The SMILES string of the molecule is CC1CCC[C@@H](O)C1C. The normalized spacial score (nSPS) is 45.0. The minimum atomic E-state index is -0.0197. The maximum atomic E-state index is 9.35. The zero-order valence-corrected chi connectivity index (χ0v) is 6.30. The second-order valence-corrected chi connectivity index (χ2v) is 3.33. The molecule has 0 amide bonds. The van der Waals surface area contributed by atoms with Gasteiger partial charge in [-0.2, -0.15) is 0 Å². The molecule has 54 valence electrons. The Kier molecular flexibility index (Phi) is 2.12. The second-order valence-electron chi connectivity index (χ2n) is 3.33. The summed E-state index contributed by atoms with van der Waals surface area (Å²) in [4.78, 5) is 0. The summed E-state index contributed by atoms with van der Waals surface area (Å²) in [5.74, 6) is 1.26. The second kappa shape index (κ2) is 2.70. The molecular formula is C8H16O. The van der Waals surface area contributed by atoms with Crippen LogP contribution < -0.4 is 0 Å². The molecule has 1 saturated carbocycles. The zero-order valence-electron chi connectivity index (χ0n) is 6.30. The largest absolute Gasteiger partial charge is 0.393 e. The third-order valence-corrected chi connectivity index (χ3v) is 2.66. The molecule has 2 unspecified atom stereocenters. The maximum absolute atomic E-state index is 9.35. The van der Waals surface area contributed by atoms with Crippen molar-refractivity contribution in [3.8, 4) is 0 Å². The van der Waals surface area contributed by atoms with E-state index < -0.39 is 0 Å². The molecule has 0 saturated heterocycles. The van der Waals surface area contributed by atoms with E-state index in [2.05, 4.69) is 13.8 Å². The van der Waals surface area contributed by atoms with Gasteiger partial charge in [0.2, 0.25) is 0 Å². The topological polar surface area (TPSA) is 20.2 Å². The van der Waals surface area contributed by atoms with Crippen LogP contribution in [-0.2, 0) is 0 Å². The molecular weight excluding hydrogens is 112 g/mol. The van der Waals surface area contributed by atoms with Gasteiger partial charge in [-0.05, 0) is 18.3 Å². The summed E-state index contributed by atoms with van der Waals surface area (Å²) in [6.45, 7) is 4.38. The Morgan fingerprint density at radius 1 is 1.22 bits per heavy atom. The molecule has 0 aromatic rings. The van der Waals surface area contributed by atoms with E-state index in [9.17, 15) is 5.11 Å². The predicted molar refractivity (Wildman–Crippen MR) is 38.2 cm³/mol. The first kappa shape index (κ1) is 7.07. The first-order valence-corrected chi connectivity index (χ1v) is 3.90. The maximum Gasteiger partial charge on any atom is 0.0568 e. The number of hydrogen-bond donors (Lipinski definition) is 1. The quantitative estimate of drug-likeness (QED) is 0.527. The molecule has 0 radical (unpaired) electrons. The molecule has 1 heteroatoms. The first-order valence-electron chi connectivity index (χ1n) is 3.90. The molecule has 3 atom stereocenters. The van der Waals surface area contributed by atoms with Gasteiger partial charge in [-0.3, -0.25) is 0 Å². The Morgan fingerprint density at radius 3 is 2.33 bits per heavy atom. The van der Waals surface area contributed by atoms with Crippen LogP contribution in [0.4, 0.5) is 0 Å². The van der Waals surface area contributed by atoms with Gasteiger partial charge >= 0.3 is 0 Å². The molecule has 0 aromatic carbocycles. The molecule has 0 spiro atoms. The van der Waals surface area contributed by atoms with Crippen LogP contribution in [0.25, 0.3) is 0 Å². The summed E-state index contributed by atoms with van der Waals surface area (Å²) in [7, 11) is 0. The van der Waals surface area contributed by atoms with E-state index in [1.807, 2.05) is 0 Å². The van der Waals surface area contributed by atoms with Crippen molar-refractivity contribution in [2.45, 2.75) is 39.2 Å². The molecule has 0 bridgehead atoms. The fraction of sp³-hybridized carbons (Fsp3) is 1.00. The van der Waals surface area contributed by atoms with Gasteiger partial charge in [0.25, 0.3) is 0 Å². The zero-order chi connectivity index (χ0) is 6.85. The van der Waals surface area contributed by atoms with Crippen molar-refractivity contribution < 1.29 is 5.11 Å². The number of aliphatic hydroxyl groups excluding tert-OH is 1. The molecule has 0 aromatic heterocycles.